The first-order chi connectivity index (χ1) is 7.96. The van der Waals surface area contributed by atoms with Crippen LogP contribution in [0.4, 0.5) is 4.79 Å². The third-order valence-electron chi connectivity index (χ3n) is 3.50. The van der Waals surface area contributed by atoms with E-state index in [0.29, 0.717) is 12.0 Å². The van der Waals surface area contributed by atoms with Crippen LogP contribution in [-0.2, 0) is 4.74 Å². The van der Waals surface area contributed by atoms with E-state index in [2.05, 4.69) is 5.32 Å². The van der Waals surface area contributed by atoms with Crippen LogP contribution in [0.5, 0.6) is 0 Å². The fourth-order valence-electron chi connectivity index (χ4n) is 2.69. The Morgan fingerprint density at radius 1 is 1.29 bits per heavy atom. The topological polar surface area (TPSA) is 41.6 Å². The Balaban J connectivity index is 1.90. The molecule has 2 rings (SSSR count). The van der Waals surface area contributed by atoms with Crippen molar-refractivity contribution in [2.24, 2.45) is 5.92 Å². The van der Waals surface area contributed by atoms with Gasteiger partial charge in [-0.1, -0.05) is 6.42 Å². The standard InChI is InChI=1S/C13H24N2O2/c1-13(2,3)17-12(16)15-8-10-6-4-5-7-14-11(10)9-15/h10-11,14H,4-9H2,1-3H3/t10-,11-/m0/s1. The highest BCUT2D eigenvalue weighted by molar-refractivity contribution is 5.68. The smallest absolute Gasteiger partial charge is 0.410 e. The van der Waals surface area contributed by atoms with Crippen molar-refractivity contribution in [3.63, 3.8) is 0 Å². The van der Waals surface area contributed by atoms with Crippen molar-refractivity contribution >= 4 is 6.09 Å². The van der Waals surface area contributed by atoms with Gasteiger partial charge in [-0.2, -0.15) is 0 Å². The van der Waals surface area contributed by atoms with Crippen molar-refractivity contribution in [1.29, 1.82) is 0 Å². The monoisotopic (exact) mass is 240 g/mol. The van der Waals surface area contributed by atoms with Gasteiger partial charge in [0.2, 0.25) is 0 Å². The summed E-state index contributed by atoms with van der Waals surface area (Å²) in [5, 5.41) is 3.54. The Hall–Kier alpha value is -0.770. The van der Waals surface area contributed by atoms with Crippen LogP contribution in [-0.4, -0.2) is 42.3 Å². The van der Waals surface area contributed by atoms with Gasteiger partial charge in [-0.25, -0.2) is 4.79 Å². The maximum absolute atomic E-state index is 12.0. The molecular formula is C13H24N2O2. The normalized spacial score (nSPS) is 29.7. The third-order valence-corrected chi connectivity index (χ3v) is 3.50. The quantitative estimate of drug-likeness (QED) is 0.704. The second kappa shape index (κ2) is 4.84. The van der Waals surface area contributed by atoms with Crippen LogP contribution in [0.1, 0.15) is 40.0 Å². The molecule has 0 aromatic carbocycles. The molecule has 1 amide bonds. The van der Waals surface area contributed by atoms with E-state index in [4.69, 9.17) is 4.74 Å². The van der Waals surface area contributed by atoms with Crippen LogP contribution >= 0.6 is 0 Å². The number of nitrogens with one attached hydrogen (secondary N) is 1. The highest BCUT2D eigenvalue weighted by Crippen LogP contribution is 2.26. The summed E-state index contributed by atoms with van der Waals surface area (Å²) in [6.45, 7) is 8.49. The number of carbonyl (C=O) groups excluding carboxylic acids is 1. The number of fused-ring (bicyclic) bond motifs is 1. The molecule has 0 aliphatic carbocycles. The van der Waals surface area contributed by atoms with Crippen molar-refractivity contribution < 1.29 is 9.53 Å². The van der Waals surface area contributed by atoms with Gasteiger partial charge in [0, 0.05) is 19.1 Å². The predicted octanol–water partition coefficient (Wildman–Crippen LogP) is 2.00. The van der Waals surface area contributed by atoms with Crippen LogP contribution in [0.2, 0.25) is 0 Å². The van der Waals surface area contributed by atoms with Crippen LogP contribution in [0.3, 0.4) is 0 Å². The lowest BCUT2D eigenvalue weighted by Crippen LogP contribution is -2.38. The molecule has 4 nitrogen and oxygen atoms in total. The molecule has 0 saturated carbocycles. The first-order valence-electron chi connectivity index (χ1n) is 6.67. The summed E-state index contributed by atoms with van der Waals surface area (Å²) in [7, 11) is 0. The van der Waals surface area contributed by atoms with E-state index in [0.717, 1.165) is 19.6 Å². The average Bonchev–Trinajstić information content (AvgIpc) is 2.48. The van der Waals surface area contributed by atoms with Gasteiger partial charge >= 0.3 is 6.09 Å². The van der Waals surface area contributed by atoms with Gasteiger partial charge in [0.05, 0.1) is 0 Å². The van der Waals surface area contributed by atoms with Gasteiger partial charge in [-0.3, -0.25) is 0 Å². The fraction of sp³-hybridized carbons (Fsp3) is 0.923. The van der Waals surface area contributed by atoms with Crippen molar-refractivity contribution in [3.05, 3.63) is 0 Å². The van der Waals surface area contributed by atoms with Crippen LogP contribution in [0.25, 0.3) is 0 Å². The molecular weight excluding hydrogens is 216 g/mol. The van der Waals surface area contributed by atoms with E-state index in [-0.39, 0.29) is 6.09 Å². The SMILES string of the molecule is CC(C)(C)OC(=O)N1C[C@@H]2CCCCN[C@H]2C1. The summed E-state index contributed by atoms with van der Waals surface area (Å²) in [4.78, 5) is 13.8. The lowest BCUT2D eigenvalue weighted by molar-refractivity contribution is 0.0284. The molecule has 2 fully saturated rings. The number of amides is 1. The predicted molar refractivity (Wildman–Crippen MR) is 66.9 cm³/mol. The maximum Gasteiger partial charge on any atom is 0.410 e. The molecule has 0 unspecified atom stereocenters. The second-order valence-electron chi connectivity index (χ2n) is 6.20. The zero-order valence-electron chi connectivity index (χ0n) is 11.2. The molecule has 2 atom stereocenters. The van der Waals surface area contributed by atoms with E-state index in [9.17, 15) is 4.79 Å². The fourth-order valence-corrected chi connectivity index (χ4v) is 2.69. The van der Waals surface area contributed by atoms with E-state index in [1.807, 2.05) is 25.7 Å². The molecule has 0 spiro atoms. The minimum Gasteiger partial charge on any atom is -0.444 e. The molecule has 2 aliphatic heterocycles. The summed E-state index contributed by atoms with van der Waals surface area (Å²) in [5.41, 5.74) is -0.394. The molecule has 98 valence electrons. The first kappa shape index (κ1) is 12.7. The molecule has 2 aliphatic rings. The second-order valence-corrected chi connectivity index (χ2v) is 6.20. The third kappa shape index (κ3) is 3.35. The highest BCUT2D eigenvalue weighted by Gasteiger charge is 2.37. The van der Waals surface area contributed by atoms with Crippen LogP contribution in [0, 0.1) is 5.92 Å². The number of hydrogen-bond donors (Lipinski definition) is 1. The van der Waals surface area contributed by atoms with E-state index in [1.165, 1.54) is 19.3 Å². The zero-order chi connectivity index (χ0) is 12.5. The molecule has 4 heteroatoms. The van der Waals surface area contributed by atoms with E-state index < -0.39 is 5.60 Å². The molecule has 1 N–H and O–H groups in total. The molecule has 0 aromatic rings. The average molecular weight is 240 g/mol. The van der Waals surface area contributed by atoms with Gasteiger partial charge < -0.3 is 15.0 Å². The van der Waals surface area contributed by atoms with Crippen molar-refractivity contribution in [1.82, 2.24) is 10.2 Å². The number of ether oxygens (including phenoxy) is 1. The minimum absolute atomic E-state index is 0.160. The molecule has 2 heterocycles. The van der Waals surface area contributed by atoms with Crippen molar-refractivity contribution in [2.75, 3.05) is 19.6 Å². The van der Waals surface area contributed by atoms with Crippen LogP contribution < -0.4 is 5.32 Å². The number of nitrogens with zero attached hydrogens (tertiary/aromatic N) is 1. The lowest BCUT2D eigenvalue weighted by atomic mass is 9.99. The van der Waals surface area contributed by atoms with Gasteiger partial charge in [0.15, 0.2) is 0 Å². The number of carbonyl (C=O) groups is 1. The Kier molecular flexibility index (Phi) is 3.61. The summed E-state index contributed by atoms with van der Waals surface area (Å²) in [6.07, 6.45) is 3.61. The number of rotatable bonds is 0. The summed E-state index contributed by atoms with van der Waals surface area (Å²) < 4.78 is 5.42. The largest absolute Gasteiger partial charge is 0.444 e. The Bertz CT molecular complexity index is 272. The number of hydrogen-bond acceptors (Lipinski definition) is 3. The molecule has 2 saturated heterocycles. The minimum atomic E-state index is -0.394. The summed E-state index contributed by atoms with van der Waals surface area (Å²) >= 11 is 0. The van der Waals surface area contributed by atoms with Crippen LogP contribution in [0.15, 0.2) is 0 Å². The van der Waals surface area contributed by atoms with Gasteiger partial charge in [-0.15, -0.1) is 0 Å². The molecule has 0 radical (unpaired) electrons. The van der Waals surface area contributed by atoms with Gasteiger partial charge in [-0.05, 0) is 46.1 Å². The molecule has 17 heavy (non-hydrogen) atoms. The van der Waals surface area contributed by atoms with E-state index >= 15 is 0 Å². The summed E-state index contributed by atoms with van der Waals surface area (Å²) in [6, 6.07) is 0.477. The van der Waals surface area contributed by atoms with Gasteiger partial charge in [0.25, 0.3) is 0 Å². The highest BCUT2D eigenvalue weighted by atomic mass is 16.6. The maximum atomic E-state index is 12.0. The van der Waals surface area contributed by atoms with Crippen molar-refractivity contribution in [2.45, 2.75) is 51.7 Å². The molecule has 0 bridgehead atoms. The Labute approximate surface area is 104 Å². The Morgan fingerprint density at radius 3 is 2.76 bits per heavy atom. The van der Waals surface area contributed by atoms with Gasteiger partial charge in [0.1, 0.15) is 5.60 Å². The Morgan fingerprint density at radius 2 is 2.06 bits per heavy atom. The van der Waals surface area contributed by atoms with E-state index in [1.54, 1.807) is 0 Å². The summed E-state index contributed by atoms with van der Waals surface area (Å²) in [5.74, 6) is 0.616. The van der Waals surface area contributed by atoms with Crippen molar-refractivity contribution in [3.8, 4) is 0 Å². The first-order valence-corrected chi connectivity index (χ1v) is 6.67. The lowest BCUT2D eigenvalue weighted by Gasteiger charge is -2.24. The zero-order valence-corrected chi connectivity index (χ0v) is 11.2. The number of likely N-dealkylation sites (tertiary alicyclic amines) is 1. The molecule has 0 aromatic heterocycles.